The van der Waals surface area contributed by atoms with Gasteiger partial charge in [-0.2, -0.15) is 0 Å². The van der Waals surface area contributed by atoms with Crippen molar-refractivity contribution in [2.75, 3.05) is 13.2 Å². The van der Waals surface area contributed by atoms with Crippen molar-refractivity contribution in [1.82, 2.24) is 0 Å². The molecule has 1 aromatic rings. The first-order valence-electron chi connectivity index (χ1n) is 4.99. The van der Waals surface area contributed by atoms with Crippen molar-refractivity contribution in [3.8, 4) is 0 Å². The van der Waals surface area contributed by atoms with Crippen LogP contribution in [0.15, 0.2) is 35.2 Å². The van der Waals surface area contributed by atoms with Gasteiger partial charge in [0.05, 0.1) is 18.1 Å². The fourth-order valence-corrected chi connectivity index (χ4v) is 4.86. The SMILES string of the molecule is CCOP(OCC)S(=O)(=O)c1ccccc1. The highest BCUT2D eigenvalue weighted by molar-refractivity contribution is 8.47. The van der Waals surface area contributed by atoms with E-state index in [4.69, 9.17) is 9.05 Å². The minimum absolute atomic E-state index is 0.239. The highest BCUT2D eigenvalue weighted by atomic mass is 32.8. The minimum Gasteiger partial charge on any atom is -0.323 e. The Kier molecular flexibility index (Phi) is 5.35. The third-order valence-corrected chi connectivity index (χ3v) is 6.35. The third-order valence-electron chi connectivity index (χ3n) is 1.71. The van der Waals surface area contributed by atoms with Crippen molar-refractivity contribution in [2.45, 2.75) is 18.7 Å². The molecule has 0 spiro atoms. The van der Waals surface area contributed by atoms with E-state index in [0.29, 0.717) is 13.2 Å². The van der Waals surface area contributed by atoms with Crippen LogP contribution >= 0.6 is 7.58 Å². The Morgan fingerprint density at radius 1 is 1.06 bits per heavy atom. The molecule has 0 aliphatic carbocycles. The fourth-order valence-electron chi connectivity index (χ4n) is 1.07. The summed E-state index contributed by atoms with van der Waals surface area (Å²) in [4.78, 5) is 0.239. The molecule has 0 aliphatic heterocycles. The molecule has 0 bridgehead atoms. The van der Waals surface area contributed by atoms with Gasteiger partial charge in [-0.05, 0) is 26.0 Å². The highest BCUT2D eigenvalue weighted by Crippen LogP contribution is 2.48. The van der Waals surface area contributed by atoms with Gasteiger partial charge in [0, 0.05) is 0 Å². The average molecular weight is 262 g/mol. The molecule has 0 atom stereocenters. The molecule has 1 rings (SSSR count). The van der Waals surface area contributed by atoms with Gasteiger partial charge in [-0.3, -0.25) is 0 Å². The lowest BCUT2D eigenvalue weighted by molar-refractivity contribution is 0.280. The van der Waals surface area contributed by atoms with E-state index >= 15 is 0 Å². The van der Waals surface area contributed by atoms with E-state index < -0.39 is 17.0 Å². The summed E-state index contributed by atoms with van der Waals surface area (Å²) in [6.07, 6.45) is 0. The van der Waals surface area contributed by atoms with Crippen LogP contribution in [0.5, 0.6) is 0 Å². The standard InChI is InChI=1S/C10H15O4PS/c1-3-13-15(14-4-2)16(11,12)10-8-6-5-7-9-10/h5-9H,3-4H2,1-2H3. The molecule has 0 saturated heterocycles. The Hall–Kier alpha value is -0.480. The molecule has 0 heterocycles. The Labute approximate surface area is 97.2 Å². The van der Waals surface area contributed by atoms with Crippen LogP contribution in [0.2, 0.25) is 0 Å². The topological polar surface area (TPSA) is 52.6 Å². The normalized spacial score (nSPS) is 11.9. The Balaban J connectivity index is 2.98. The smallest absolute Gasteiger partial charge is 0.306 e. The van der Waals surface area contributed by atoms with Crippen LogP contribution in [0, 0.1) is 0 Å². The van der Waals surface area contributed by atoms with Crippen molar-refractivity contribution in [3.63, 3.8) is 0 Å². The van der Waals surface area contributed by atoms with Crippen LogP contribution in [0.4, 0.5) is 0 Å². The van der Waals surface area contributed by atoms with E-state index in [1.807, 2.05) is 0 Å². The van der Waals surface area contributed by atoms with Gasteiger partial charge in [0.25, 0.3) is 0 Å². The predicted octanol–water partition coefficient (Wildman–Crippen LogP) is 2.76. The maximum atomic E-state index is 12.1. The van der Waals surface area contributed by atoms with Crippen molar-refractivity contribution < 1.29 is 17.5 Å². The summed E-state index contributed by atoms with van der Waals surface area (Å²) in [5.41, 5.74) is 0. The first-order chi connectivity index (χ1) is 7.62. The van der Waals surface area contributed by atoms with Gasteiger partial charge in [-0.1, -0.05) is 18.2 Å². The molecule has 1 aromatic carbocycles. The fraction of sp³-hybridized carbons (Fsp3) is 0.400. The molecule has 0 amide bonds. The van der Waals surface area contributed by atoms with E-state index in [-0.39, 0.29) is 4.90 Å². The summed E-state index contributed by atoms with van der Waals surface area (Å²) in [6, 6.07) is 8.21. The monoisotopic (exact) mass is 262 g/mol. The Morgan fingerprint density at radius 2 is 1.56 bits per heavy atom. The first-order valence-corrected chi connectivity index (χ1v) is 8.25. The summed E-state index contributed by atoms with van der Waals surface area (Å²) in [7, 11) is -5.41. The van der Waals surface area contributed by atoms with E-state index in [2.05, 4.69) is 0 Å². The van der Waals surface area contributed by atoms with Crippen molar-refractivity contribution >= 4 is 17.0 Å². The molecular weight excluding hydrogens is 247 g/mol. The zero-order valence-electron chi connectivity index (χ0n) is 9.29. The average Bonchev–Trinajstić information content (AvgIpc) is 2.30. The van der Waals surface area contributed by atoms with Crippen LogP contribution in [0.1, 0.15) is 13.8 Å². The molecule has 0 fully saturated rings. The molecule has 4 nitrogen and oxygen atoms in total. The Bertz CT molecular complexity index is 398. The summed E-state index contributed by atoms with van der Waals surface area (Å²) in [5, 5.41) is 0. The highest BCUT2D eigenvalue weighted by Gasteiger charge is 2.30. The maximum Gasteiger partial charge on any atom is 0.306 e. The van der Waals surface area contributed by atoms with Crippen LogP contribution in [-0.4, -0.2) is 21.6 Å². The van der Waals surface area contributed by atoms with Gasteiger partial charge in [0.1, 0.15) is 0 Å². The van der Waals surface area contributed by atoms with Crippen molar-refractivity contribution in [1.29, 1.82) is 0 Å². The predicted molar refractivity (Wildman–Crippen MR) is 63.8 cm³/mol. The van der Waals surface area contributed by atoms with Crippen LogP contribution in [-0.2, 0) is 18.5 Å². The summed E-state index contributed by atoms with van der Waals surface area (Å²) in [6.45, 7) is 4.12. The second-order valence-electron chi connectivity index (χ2n) is 2.85. The van der Waals surface area contributed by atoms with Crippen LogP contribution < -0.4 is 0 Å². The summed E-state index contributed by atoms with van der Waals surface area (Å²) < 4.78 is 34.5. The van der Waals surface area contributed by atoms with Gasteiger partial charge in [0.15, 0.2) is 0 Å². The molecule has 0 saturated carbocycles. The second-order valence-corrected chi connectivity index (χ2v) is 7.57. The number of hydrogen-bond donors (Lipinski definition) is 0. The number of benzene rings is 1. The second kappa shape index (κ2) is 6.30. The van der Waals surface area contributed by atoms with Crippen molar-refractivity contribution in [3.05, 3.63) is 30.3 Å². The zero-order valence-corrected chi connectivity index (χ0v) is 11.0. The largest absolute Gasteiger partial charge is 0.323 e. The Morgan fingerprint density at radius 3 is 2.00 bits per heavy atom. The lowest BCUT2D eigenvalue weighted by atomic mass is 10.4. The third kappa shape index (κ3) is 3.25. The minimum atomic E-state index is -3.50. The molecule has 0 aliphatic rings. The zero-order chi connectivity index (χ0) is 12.0. The quantitative estimate of drug-likeness (QED) is 0.740. The van der Waals surface area contributed by atoms with E-state index in [0.717, 1.165) is 0 Å². The summed E-state index contributed by atoms with van der Waals surface area (Å²) in [5.74, 6) is 0. The van der Waals surface area contributed by atoms with Gasteiger partial charge in [-0.15, -0.1) is 0 Å². The van der Waals surface area contributed by atoms with Gasteiger partial charge in [-0.25, -0.2) is 8.42 Å². The van der Waals surface area contributed by atoms with E-state index in [1.54, 1.807) is 44.2 Å². The molecule has 90 valence electrons. The van der Waals surface area contributed by atoms with Crippen LogP contribution in [0.25, 0.3) is 0 Å². The first kappa shape index (κ1) is 13.6. The van der Waals surface area contributed by atoms with E-state index in [1.165, 1.54) is 0 Å². The van der Waals surface area contributed by atoms with Gasteiger partial charge < -0.3 is 9.05 Å². The van der Waals surface area contributed by atoms with E-state index in [9.17, 15) is 8.42 Å². The summed E-state index contributed by atoms with van der Waals surface area (Å²) >= 11 is 0. The molecule has 0 aromatic heterocycles. The van der Waals surface area contributed by atoms with Crippen LogP contribution in [0.3, 0.4) is 0 Å². The molecule has 16 heavy (non-hydrogen) atoms. The lowest BCUT2D eigenvalue weighted by Gasteiger charge is -2.15. The molecular formula is C10H15O4PS. The molecule has 0 N–H and O–H groups in total. The molecule has 0 radical (unpaired) electrons. The van der Waals surface area contributed by atoms with Gasteiger partial charge >= 0.3 is 7.58 Å². The number of hydrogen-bond acceptors (Lipinski definition) is 4. The molecule has 0 unspecified atom stereocenters. The maximum absolute atomic E-state index is 12.1. The lowest BCUT2D eigenvalue weighted by Crippen LogP contribution is -2.04. The number of rotatable bonds is 6. The van der Waals surface area contributed by atoms with Crippen molar-refractivity contribution in [2.24, 2.45) is 0 Å². The molecule has 6 heteroatoms. The van der Waals surface area contributed by atoms with Gasteiger partial charge in [0.2, 0.25) is 9.46 Å².